The lowest BCUT2D eigenvalue weighted by molar-refractivity contribution is 0.499. The van der Waals surface area contributed by atoms with Crippen molar-refractivity contribution in [1.82, 2.24) is 5.32 Å². The molecule has 112 valence electrons. The van der Waals surface area contributed by atoms with Crippen molar-refractivity contribution in [1.29, 1.82) is 0 Å². The Morgan fingerprint density at radius 1 is 0.905 bits per heavy atom. The van der Waals surface area contributed by atoms with Crippen molar-refractivity contribution in [3.05, 3.63) is 71.5 Å². The number of nitrogens with one attached hydrogen (secondary N) is 1. The highest BCUT2D eigenvalue weighted by Gasteiger charge is 2.16. The van der Waals surface area contributed by atoms with E-state index in [0.717, 1.165) is 25.1 Å². The lowest BCUT2D eigenvalue weighted by atomic mass is 9.91. The second-order valence-electron chi connectivity index (χ2n) is 5.96. The van der Waals surface area contributed by atoms with Gasteiger partial charge in [0.2, 0.25) is 0 Å². The van der Waals surface area contributed by atoms with Crippen LogP contribution in [0.5, 0.6) is 0 Å². The SMILES string of the molecule is CC(C)CNCC(Cc1ccccc1)c1ccccc1F. The molecule has 0 amide bonds. The summed E-state index contributed by atoms with van der Waals surface area (Å²) in [4.78, 5) is 0. The van der Waals surface area contributed by atoms with Gasteiger partial charge in [-0.15, -0.1) is 0 Å². The summed E-state index contributed by atoms with van der Waals surface area (Å²) >= 11 is 0. The van der Waals surface area contributed by atoms with E-state index in [4.69, 9.17) is 0 Å². The van der Waals surface area contributed by atoms with Gasteiger partial charge in [0.05, 0.1) is 0 Å². The van der Waals surface area contributed by atoms with Gasteiger partial charge < -0.3 is 5.32 Å². The fourth-order valence-electron chi connectivity index (χ4n) is 2.54. The molecule has 0 aliphatic carbocycles. The van der Waals surface area contributed by atoms with E-state index in [1.807, 2.05) is 30.3 Å². The predicted octanol–water partition coefficient (Wildman–Crippen LogP) is 4.40. The van der Waals surface area contributed by atoms with Gasteiger partial charge >= 0.3 is 0 Å². The molecule has 0 spiro atoms. The van der Waals surface area contributed by atoms with Crippen molar-refractivity contribution >= 4 is 0 Å². The standard InChI is InChI=1S/C19H24FN/c1-15(2)13-21-14-17(12-16-8-4-3-5-9-16)18-10-6-7-11-19(18)20/h3-11,15,17,21H,12-14H2,1-2H3. The highest BCUT2D eigenvalue weighted by Crippen LogP contribution is 2.23. The quantitative estimate of drug-likeness (QED) is 0.795. The Hall–Kier alpha value is -1.67. The van der Waals surface area contributed by atoms with Crippen molar-refractivity contribution in [3.63, 3.8) is 0 Å². The van der Waals surface area contributed by atoms with Crippen molar-refractivity contribution in [3.8, 4) is 0 Å². The van der Waals surface area contributed by atoms with Gasteiger partial charge in [0.25, 0.3) is 0 Å². The van der Waals surface area contributed by atoms with Gasteiger partial charge in [-0.05, 0) is 36.1 Å². The average molecular weight is 285 g/mol. The lowest BCUT2D eigenvalue weighted by Gasteiger charge is -2.20. The smallest absolute Gasteiger partial charge is 0.126 e. The first-order chi connectivity index (χ1) is 10.2. The monoisotopic (exact) mass is 285 g/mol. The van der Waals surface area contributed by atoms with Gasteiger partial charge in [0, 0.05) is 12.5 Å². The van der Waals surface area contributed by atoms with Crippen LogP contribution in [0, 0.1) is 11.7 Å². The summed E-state index contributed by atoms with van der Waals surface area (Å²) in [6, 6.07) is 17.4. The molecule has 0 bridgehead atoms. The Morgan fingerprint density at radius 2 is 1.57 bits per heavy atom. The molecule has 1 nitrogen and oxygen atoms in total. The minimum Gasteiger partial charge on any atom is -0.316 e. The van der Waals surface area contributed by atoms with E-state index in [1.54, 1.807) is 12.1 Å². The van der Waals surface area contributed by atoms with E-state index >= 15 is 0 Å². The van der Waals surface area contributed by atoms with Gasteiger partial charge in [-0.25, -0.2) is 4.39 Å². The summed E-state index contributed by atoms with van der Waals surface area (Å²) in [5, 5.41) is 3.46. The summed E-state index contributed by atoms with van der Waals surface area (Å²) in [5.74, 6) is 0.653. The van der Waals surface area contributed by atoms with Crippen LogP contribution >= 0.6 is 0 Å². The van der Waals surface area contributed by atoms with E-state index < -0.39 is 0 Å². The molecule has 0 radical (unpaired) electrons. The molecule has 2 aromatic carbocycles. The van der Waals surface area contributed by atoms with Gasteiger partial charge in [-0.3, -0.25) is 0 Å². The molecule has 21 heavy (non-hydrogen) atoms. The van der Waals surface area contributed by atoms with Gasteiger partial charge in [0.1, 0.15) is 5.82 Å². The molecule has 0 saturated heterocycles. The zero-order valence-electron chi connectivity index (χ0n) is 12.9. The zero-order valence-corrected chi connectivity index (χ0v) is 12.9. The second-order valence-corrected chi connectivity index (χ2v) is 5.96. The van der Waals surface area contributed by atoms with Crippen LogP contribution in [0.3, 0.4) is 0 Å². The van der Waals surface area contributed by atoms with Crippen LogP contribution in [0.4, 0.5) is 4.39 Å². The Morgan fingerprint density at radius 3 is 2.24 bits per heavy atom. The summed E-state index contributed by atoms with van der Waals surface area (Å²) in [5.41, 5.74) is 2.05. The summed E-state index contributed by atoms with van der Waals surface area (Å²) in [7, 11) is 0. The molecule has 0 saturated carbocycles. The molecule has 1 N–H and O–H groups in total. The number of benzene rings is 2. The fraction of sp³-hybridized carbons (Fsp3) is 0.368. The first-order valence-electron chi connectivity index (χ1n) is 7.66. The van der Waals surface area contributed by atoms with E-state index in [9.17, 15) is 4.39 Å². The number of hydrogen-bond donors (Lipinski definition) is 1. The largest absolute Gasteiger partial charge is 0.316 e. The summed E-state index contributed by atoms with van der Waals surface area (Å²) in [6.45, 7) is 6.12. The van der Waals surface area contributed by atoms with Crippen LogP contribution in [-0.4, -0.2) is 13.1 Å². The number of rotatable bonds is 7. The third-order valence-corrected chi connectivity index (χ3v) is 3.61. The maximum absolute atomic E-state index is 14.1. The minimum absolute atomic E-state index is 0.107. The molecule has 2 rings (SSSR count). The molecule has 1 atom stereocenters. The first kappa shape index (κ1) is 15.7. The fourth-order valence-corrected chi connectivity index (χ4v) is 2.54. The molecule has 1 unspecified atom stereocenters. The van der Waals surface area contributed by atoms with E-state index in [1.165, 1.54) is 5.56 Å². The molecular formula is C19H24FN. The molecule has 2 heteroatoms. The highest BCUT2D eigenvalue weighted by atomic mass is 19.1. The minimum atomic E-state index is -0.107. The van der Waals surface area contributed by atoms with Crippen LogP contribution in [0.15, 0.2) is 54.6 Å². The maximum Gasteiger partial charge on any atom is 0.126 e. The molecule has 2 aromatic rings. The number of halogens is 1. The highest BCUT2D eigenvalue weighted by molar-refractivity contribution is 5.26. The Bertz CT molecular complexity index is 536. The van der Waals surface area contributed by atoms with Crippen molar-refractivity contribution in [2.75, 3.05) is 13.1 Å². The van der Waals surface area contributed by atoms with Crippen molar-refractivity contribution in [2.45, 2.75) is 26.2 Å². The van der Waals surface area contributed by atoms with Gasteiger partial charge in [0.15, 0.2) is 0 Å². The second kappa shape index (κ2) is 7.94. The Labute approximate surface area is 127 Å². The molecular weight excluding hydrogens is 261 g/mol. The Balaban J connectivity index is 2.12. The van der Waals surface area contributed by atoms with Crippen molar-refractivity contribution < 1.29 is 4.39 Å². The van der Waals surface area contributed by atoms with Crippen LogP contribution in [0.2, 0.25) is 0 Å². The number of hydrogen-bond acceptors (Lipinski definition) is 1. The molecule has 0 aliphatic heterocycles. The third kappa shape index (κ3) is 4.98. The normalized spacial score (nSPS) is 12.6. The average Bonchev–Trinajstić information content (AvgIpc) is 2.47. The summed E-state index contributed by atoms with van der Waals surface area (Å²) in [6.07, 6.45) is 0.854. The van der Waals surface area contributed by atoms with Gasteiger partial charge in [-0.1, -0.05) is 62.4 Å². The van der Waals surface area contributed by atoms with Crippen LogP contribution in [0.25, 0.3) is 0 Å². The topological polar surface area (TPSA) is 12.0 Å². The molecule has 0 fully saturated rings. The van der Waals surface area contributed by atoms with Crippen LogP contribution < -0.4 is 5.32 Å². The molecule has 0 aromatic heterocycles. The Kier molecular flexibility index (Phi) is 5.94. The van der Waals surface area contributed by atoms with Crippen LogP contribution in [-0.2, 0) is 6.42 Å². The van der Waals surface area contributed by atoms with E-state index in [0.29, 0.717) is 5.92 Å². The molecule has 0 aliphatic rings. The third-order valence-electron chi connectivity index (χ3n) is 3.61. The first-order valence-corrected chi connectivity index (χ1v) is 7.66. The van der Waals surface area contributed by atoms with Crippen molar-refractivity contribution in [2.24, 2.45) is 5.92 Å². The molecule has 0 heterocycles. The predicted molar refractivity (Wildman–Crippen MR) is 87.0 cm³/mol. The summed E-state index contributed by atoms with van der Waals surface area (Å²) < 4.78 is 14.1. The van der Waals surface area contributed by atoms with Crippen LogP contribution in [0.1, 0.15) is 30.9 Å². The van der Waals surface area contributed by atoms with E-state index in [2.05, 4.69) is 31.3 Å². The lowest BCUT2D eigenvalue weighted by Crippen LogP contribution is -2.27. The maximum atomic E-state index is 14.1. The van der Waals surface area contributed by atoms with E-state index in [-0.39, 0.29) is 11.7 Å². The zero-order chi connectivity index (χ0) is 15.1. The van der Waals surface area contributed by atoms with Gasteiger partial charge in [-0.2, -0.15) is 0 Å².